The van der Waals surface area contributed by atoms with Crippen molar-refractivity contribution in [2.45, 2.75) is 36.8 Å². The van der Waals surface area contributed by atoms with Crippen molar-refractivity contribution in [2.75, 3.05) is 6.54 Å². The van der Waals surface area contributed by atoms with Crippen LogP contribution in [-0.2, 0) is 11.2 Å². The highest BCUT2D eigenvalue weighted by Crippen LogP contribution is 2.22. The molecule has 2 rings (SSSR count). The number of hydrogen-bond acceptors (Lipinski definition) is 2. The van der Waals surface area contributed by atoms with Crippen LogP contribution in [0.5, 0.6) is 0 Å². The highest BCUT2D eigenvalue weighted by molar-refractivity contribution is 8.00. The van der Waals surface area contributed by atoms with Crippen molar-refractivity contribution in [1.82, 2.24) is 5.32 Å². The Hall–Kier alpha value is -1.74. The highest BCUT2D eigenvalue weighted by Gasteiger charge is 2.13. The molecule has 0 aliphatic carbocycles. The Kier molecular flexibility index (Phi) is 6.53. The molecule has 0 saturated heterocycles. The predicted molar refractivity (Wildman–Crippen MR) is 94.3 cm³/mol. The number of carbonyl (C=O) groups is 1. The van der Waals surface area contributed by atoms with Crippen LogP contribution in [-0.4, -0.2) is 17.7 Å². The van der Waals surface area contributed by atoms with Crippen molar-refractivity contribution in [3.8, 4) is 0 Å². The highest BCUT2D eigenvalue weighted by atomic mass is 32.2. The van der Waals surface area contributed by atoms with Crippen molar-refractivity contribution in [1.29, 1.82) is 0 Å². The number of rotatable bonds is 7. The molecule has 2 aromatic rings. The quantitative estimate of drug-likeness (QED) is 0.612. The van der Waals surface area contributed by atoms with Crippen molar-refractivity contribution >= 4 is 17.7 Å². The summed E-state index contributed by atoms with van der Waals surface area (Å²) in [6.07, 6.45) is 1.97. The smallest absolute Gasteiger partial charge is 0.233 e. The Labute approximate surface area is 137 Å². The zero-order chi connectivity index (χ0) is 15.8. The van der Waals surface area contributed by atoms with Gasteiger partial charge in [0.1, 0.15) is 0 Å². The van der Waals surface area contributed by atoms with Crippen LogP contribution in [0.25, 0.3) is 0 Å². The molecule has 116 valence electrons. The lowest BCUT2D eigenvalue weighted by Gasteiger charge is -2.12. The third kappa shape index (κ3) is 5.57. The van der Waals surface area contributed by atoms with E-state index in [1.165, 1.54) is 11.1 Å². The van der Waals surface area contributed by atoms with Crippen molar-refractivity contribution in [3.63, 3.8) is 0 Å². The van der Waals surface area contributed by atoms with Gasteiger partial charge < -0.3 is 5.32 Å². The zero-order valence-corrected chi connectivity index (χ0v) is 14.0. The Morgan fingerprint density at radius 2 is 1.77 bits per heavy atom. The van der Waals surface area contributed by atoms with Gasteiger partial charge >= 0.3 is 0 Å². The molecule has 0 spiro atoms. The van der Waals surface area contributed by atoms with Crippen LogP contribution >= 0.6 is 11.8 Å². The summed E-state index contributed by atoms with van der Waals surface area (Å²) < 4.78 is 0. The molecule has 1 amide bonds. The Morgan fingerprint density at radius 1 is 1.09 bits per heavy atom. The van der Waals surface area contributed by atoms with Crippen molar-refractivity contribution in [3.05, 3.63) is 65.7 Å². The van der Waals surface area contributed by atoms with Gasteiger partial charge in [0.05, 0.1) is 5.25 Å². The number of nitrogens with one attached hydrogen (secondary N) is 1. The van der Waals surface area contributed by atoms with Gasteiger partial charge in [-0.15, -0.1) is 11.8 Å². The first kappa shape index (κ1) is 16.6. The molecule has 2 nitrogen and oxygen atoms in total. The molecule has 0 aliphatic heterocycles. The monoisotopic (exact) mass is 313 g/mol. The summed E-state index contributed by atoms with van der Waals surface area (Å²) in [5, 5.41) is 2.96. The Morgan fingerprint density at radius 3 is 2.45 bits per heavy atom. The Bertz CT molecular complexity index is 580. The summed E-state index contributed by atoms with van der Waals surface area (Å²) in [5.74, 6) is 0.109. The average molecular weight is 313 g/mol. The molecule has 1 atom stereocenters. The lowest BCUT2D eigenvalue weighted by Crippen LogP contribution is -2.31. The maximum Gasteiger partial charge on any atom is 0.233 e. The fourth-order valence-electron chi connectivity index (χ4n) is 2.16. The van der Waals surface area contributed by atoms with E-state index in [4.69, 9.17) is 0 Å². The van der Waals surface area contributed by atoms with Crippen LogP contribution < -0.4 is 5.32 Å². The molecule has 0 fully saturated rings. The first-order chi connectivity index (χ1) is 10.6. The molecule has 0 unspecified atom stereocenters. The topological polar surface area (TPSA) is 29.1 Å². The summed E-state index contributed by atoms with van der Waals surface area (Å²) in [7, 11) is 0. The van der Waals surface area contributed by atoms with Gasteiger partial charge in [-0.05, 0) is 44.4 Å². The fourth-order valence-corrected chi connectivity index (χ4v) is 3.07. The minimum atomic E-state index is -0.0678. The van der Waals surface area contributed by atoms with E-state index in [-0.39, 0.29) is 11.2 Å². The van der Waals surface area contributed by atoms with Gasteiger partial charge in [-0.25, -0.2) is 0 Å². The van der Waals surface area contributed by atoms with Crippen LogP contribution in [0.2, 0.25) is 0 Å². The number of carbonyl (C=O) groups excluding carboxylic acids is 1. The van der Waals surface area contributed by atoms with Gasteiger partial charge in [-0.2, -0.15) is 0 Å². The van der Waals surface area contributed by atoms with Crippen molar-refractivity contribution in [2.24, 2.45) is 0 Å². The molecule has 0 saturated carbocycles. The molecule has 0 heterocycles. The molecule has 0 radical (unpaired) electrons. The van der Waals surface area contributed by atoms with E-state index in [0.717, 1.165) is 24.3 Å². The SMILES string of the molecule is Cc1ccc(CCCNC(=O)[C@H](C)Sc2ccccc2)cc1. The minimum Gasteiger partial charge on any atom is -0.355 e. The molecule has 1 N–H and O–H groups in total. The Balaban J connectivity index is 1.67. The van der Waals surface area contributed by atoms with Crippen LogP contribution in [0.4, 0.5) is 0 Å². The van der Waals surface area contributed by atoms with Gasteiger partial charge in [-0.3, -0.25) is 4.79 Å². The van der Waals surface area contributed by atoms with E-state index in [0.29, 0.717) is 0 Å². The lowest BCUT2D eigenvalue weighted by molar-refractivity contribution is -0.120. The van der Waals surface area contributed by atoms with Gasteiger partial charge in [-0.1, -0.05) is 48.0 Å². The molecule has 2 aromatic carbocycles. The largest absolute Gasteiger partial charge is 0.355 e. The third-order valence-corrected chi connectivity index (χ3v) is 4.60. The first-order valence-electron chi connectivity index (χ1n) is 7.70. The second-order valence-corrected chi connectivity index (χ2v) is 6.87. The second-order valence-electron chi connectivity index (χ2n) is 5.45. The maximum absolute atomic E-state index is 12.1. The number of hydrogen-bond donors (Lipinski definition) is 1. The molecular weight excluding hydrogens is 290 g/mol. The van der Waals surface area contributed by atoms with E-state index in [2.05, 4.69) is 36.5 Å². The average Bonchev–Trinajstić information content (AvgIpc) is 2.54. The van der Waals surface area contributed by atoms with E-state index >= 15 is 0 Å². The number of amides is 1. The predicted octanol–water partition coefficient (Wildman–Crippen LogP) is 4.22. The summed E-state index contributed by atoms with van der Waals surface area (Å²) in [4.78, 5) is 13.2. The number of aryl methyl sites for hydroxylation is 2. The first-order valence-corrected chi connectivity index (χ1v) is 8.58. The number of benzene rings is 2. The van der Waals surface area contributed by atoms with Gasteiger partial charge in [0, 0.05) is 11.4 Å². The molecule has 0 bridgehead atoms. The lowest BCUT2D eigenvalue weighted by atomic mass is 10.1. The van der Waals surface area contributed by atoms with Gasteiger partial charge in [0.25, 0.3) is 0 Å². The molecule has 22 heavy (non-hydrogen) atoms. The van der Waals surface area contributed by atoms with Gasteiger partial charge in [0.2, 0.25) is 5.91 Å². The van der Waals surface area contributed by atoms with E-state index in [1.807, 2.05) is 37.3 Å². The molecule has 0 aromatic heterocycles. The molecule has 3 heteroatoms. The van der Waals surface area contributed by atoms with Crippen LogP contribution in [0, 0.1) is 6.92 Å². The molecule has 0 aliphatic rings. The van der Waals surface area contributed by atoms with Crippen LogP contribution in [0.1, 0.15) is 24.5 Å². The zero-order valence-electron chi connectivity index (χ0n) is 13.2. The second kappa shape index (κ2) is 8.64. The summed E-state index contributed by atoms with van der Waals surface area (Å²) >= 11 is 1.60. The van der Waals surface area contributed by atoms with E-state index < -0.39 is 0 Å². The van der Waals surface area contributed by atoms with Crippen molar-refractivity contribution < 1.29 is 4.79 Å². The van der Waals surface area contributed by atoms with Gasteiger partial charge in [0.15, 0.2) is 0 Å². The third-order valence-electron chi connectivity index (χ3n) is 3.49. The van der Waals surface area contributed by atoms with Crippen LogP contribution in [0.15, 0.2) is 59.5 Å². The van der Waals surface area contributed by atoms with E-state index in [9.17, 15) is 4.79 Å². The van der Waals surface area contributed by atoms with E-state index in [1.54, 1.807) is 11.8 Å². The summed E-state index contributed by atoms with van der Waals surface area (Å²) in [5.41, 5.74) is 2.61. The number of thioether (sulfide) groups is 1. The minimum absolute atomic E-state index is 0.0678. The fraction of sp³-hybridized carbons (Fsp3) is 0.316. The normalized spacial score (nSPS) is 11.9. The summed E-state index contributed by atoms with van der Waals surface area (Å²) in [6, 6.07) is 18.6. The molecular formula is C19H23NOS. The summed E-state index contributed by atoms with van der Waals surface area (Å²) in [6.45, 7) is 4.77. The van der Waals surface area contributed by atoms with Crippen LogP contribution in [0.3, 0.4) is 0 Å². The standard InChI is InChI=1S/C19H23NOS/c1-15-10-12-17(13-11-15)7-6-14-20-19(21)16(2)22-18-8-4-3-5-9-18/h3-5,8-13,16H,6-7,14H2,1-2H3,(H,20,21)/t16-/m0/s1. The maximum atomic E-state index is 12.1.